The fourth-order valence-electron chi connectivity index (χ4n) is 4.56. The molecular weight excluding hydrogens is 532 g/mol. The van der Waals surface area contributed by atoms with Crippen LogP contribution in [0.2, 0.25) is 0 Å². The van der Waals surface area contributed by atoms with Gasteiger partial charge >= 0.3 is 0 Å². The Morgan fingerprint density at radius 1 is 0.634 bits per heavy atom. The Kier molecular flexibility index (Phi) is 16.9. The summed E-state index contributed by atoms with van der Waals surface area (Å²) >= 11 is 0. The summed E-state index contributed by atoms with van der Waals surface area (Å²) in [6.07, 6.45) is 6.04. The van der Waals surface area contributed by atoms with Gasteiger partial charge in [0.1, 0.15) is 18.3 Å². The van der Waals surface area contributed by atoms with Crippen molar-refractivity contribution < 1.29 is 47.4 Å². The molecule has 3 aliphatic heterocycles. The van der Waals surface area contributed by atoms with Crippen LogP contribution in [-0.4, -0.2) is 131 Å². The summed E-state index contributed by atoms with van der Waals surface area (Å²) in [5.41, 5.74) is -0.724. The van der Waals surface area contributed by atoms with Gasteiger partial charge in [0.2, 0.25) is 0 Å². The van der Waals surface area contributed by atoms with Crippen molar-refractivity contribution >= 4 is 0 Å². The molecule has 0 aromatic rings. The first-order chi connectivity index (χ1) is 20.0. The summed E-state index contributed by atoms with van der Waals surface area (Å²) in [5, 5.41) is 0. The Bertz CT molecular complexity index is 637. The van der Waals surface area contributed by atoms with Gasteiger partial charge in [0.25, 0.3) is 0 Å². The lowest BCUT2D eigenvalue weighted by atomic mass is 9.84. The third kappa shape index (κ3) is 15.8. The van der Waals surface area contributed by atoms with E-state index in [-0.39, 0.29) is 23.7 Å². The van der Waals surface area contributed by atoms with Crippen LogP contribution in [0.25, 0.3) is 0 Å². The highest BCUT2D eigenvalue weighted by Gasteiger charge is 2.38. The minimum absolute atomic E-state index is 0.193. The lowest BCUT2D eigenvalue weighted by molar-refractivity contribution is -0.135. The van der Waals surface area contributed by atoms with Crippen LogP contribution in [0.1, 0.15) is 52.9 Å². The number of methoxy groups -OCH3 is 1. The van der Waals surface area contributed by atoms with Crippen molar-refractivity contribution in [1.82, 2.24) is 0 Å². The van der Waals surface area contributed by atoms with Gasteiger partial charge in [0.15, 0.2) is 0 Å². The molecule has 5 unspecified atom stereocenters. The molecule has 0 spiro atoms. The van der Waals surface area contributed by atoms with Crippen LogP contribution in [0.5, 0.6) is 0 Å². The van der Waals surface area contributed by atoms with E-state index in [0.717, 1.165) is 51.9 Å². The normalized spacial score (nSPS) is 25.0. The van der Waals surface area contributed by atoms with Crippen molar-refractivity contribution in [2.24, 2.45) is 16.7 Å². The molecule has 0 N–H and O–H groups in total. The number of unbranched alkanes of at least 4 members (excludes halogenated alkanes) is 2. The third-order valence-electron chi connectivity index (χ3n) is 7.82. The van der Waals surface area contributed by atoms with Crippen LogP contribution >= 0.6 is 0 Å². The summed E-state index contributed by atoms with van der Waals surface area (Å²) < 4.78 is 58.9. The standard InChI is InChI=1S/C31H58O10/c1-5-7-8-9-30(19-33-11-10-32-4,20-35-13-27-16-39-27)21-38-25-31(22-34-12-26(3)6-2,23-36-14-28-17-40-28)24-37-15-29-18-41-29/h26-29H,5-25H2,1-4H3. The molecule has 3 aliphatic rings. The summed E-state index contributed by atoms with van der Waals surface area (Å²) in [6.45, 7) is 16.0. The van der Waals surface area contributed by atoms with Crippen LogP contribution in [0.15, 0.2) is 0 Å². The molecule has 0 radical (unpaired) electrons. The molecule has 0 aromatic heterocycles. The minimum atomic E-state index is -0.452. The highest BCUT2D eigenvalue weighted by molar-refractivity contribution is 4.84. The topological polar surface area (TPSA) is 102 Å². The largest absolute Gasteiger partial charge is 0.382 e. The fourth-order valence-corrected chi connectivity index (χ4v) is 4.56. The average molecular weight is 591 g/mol. The van der Waals surface area contributed by atoms with Gasteiger partial charge in [-0.05, 0) is 12.3 Å². The molecule has 0 aliphatic carbocycles. The summed E-state index contributed by atoms with van der Waals surface area (Å²) in [4.78, 5) is 0. The molecule has 0 saturated carbocycles. The second kappa shape index (κ2) is 19.8. The molecule has 242 valence electrons. The minimum Gasteiger partial charge on any atom is -0.382 e. The van der Waals surface area contributed by atoms with E-state index >= 15 is 0 Å². The summed E-state index contributed by atoms with van der Waals surface area (Å²) in [5.74, 6) is 0.484. The van der Waals surface area contributed by atoms with Crippen LogP contribution in [-0.2, 0) is 47.4 Å². The number of epoxide rings is 3. The quantitative estimate of drug-likeness (QED) is 0.0912. The Morgan fingerprint density at radius 2 is 1.12 bits per heavy atom. The van der Waals surface area contributed by atoms with Crippen molar-refractivity contribution in [2.75, 3.05) is 113 Å². The molecule has 5 atom stereocenters. The monoisotopic (exact) mass is 590 g/mol. The first-order valence-corrected chi connectivity index (χ1v) is 15.8. The molecule has 41 heavy (non-hydrogen) atoms. The number of hydrogen-bond donors (Lipinski definition) is 0. The summed E-state index contributed by atoms with van der Waals surface area (Å²) in [6, 6.07) is 0. The first-order valence-electron chi connectivity index (χ1n) is 15.8. The Morgan fingerprint density at radius 3 is 1.63 bits per heavy atom. The molecule has 0 bridgehead atoms. The van der Waals surface area contributed by atoms with E-state index in [0.29, 0.717) is 91.8 Å². The van der Waals surface area contributed by atoms with Gasteiger partial charge in [-0.15, -0.1) is 0 Å². The van der Waals surface area contributed by atoms with Gasteiger partial charge in [0, 0.05) is 19.1 Å². The zero-order valence-corrected chi connectivity index (χ0v) is 26.2. The van der Waals surface area contributed by atoms with Crippen molar-refractivity contribution in [2.45, 2.75) is 71.2 Å². The van der Waals surface area contributed by atoms with Gasteiger partial charge < -0.3 is 47.4 Å². The molecule has 10 nitrogen and oxygen atoms in total. The molecular formula is C31H58O10. The number of ether oxygens (including phenoxy) is 10. The zero-order valence-electron chi connectivity index (χ0n) is 26.2. The van der Waals surface area contributed by atoms with Gasteiger partial charge in [-0.25, -0.2) is 0 Å². The molecule has 3 rings (SSSR count). The Hall–Kier alpha value is -0.400. The third-order valence-corrected chi connectivity index (χ3v) is 7.82. The number of hydrogen-bond acceptors (Lipinski definition) is 10. The highest BCUT2D eigenvalue weighted by atomic mass is 16.6. The fraction of sp³-hybridized carbons (Fsp3) is 1.00. The van der Waals surface area contributed by atoms with E-state index < -0.39 is 5.41 Å². The maximum absolute atomic E-state index is 6.63. The van der Waals surface area contributed by atoms with Gasteiger partial charge in [0.05, 0.1) is 105 Å². The molecule has 3 heterocycles. The van der Waals surface area contributed by atoms with Gasteiger partial charge in [-0.1, -0.05) is 46.5 Å². The predicted octanol–water partition coefficient (Wildman–Crippen LogP) is 3.53. The lowest BCUT2D eigenvalue weighted by Gasteiger charge is -2.37. The van der Waals surface area contributed by atoms with Crippen LogP contribution in [0, 0.1) is 16.7 Å². The SMILES string of the molecule is CCCCCC(COCCOC)(COCC1CO1)COCC(COCC(C)CC)(COCC1CO1)COCC1CO1. The summed E-state index contributed by atoms with van der Waals surface area (Å²) in [7, 11) is 1.69. The van der Waals surface area contributed by atoms with Gasteiger partial charge in [-0.3, -0.25) is 0 Å². The van der Waals surface area contributed by atoms with E-state index in [1.807, 2.05) is 0 Å². The highest BCUT2D eigenvalue weighted by Crippen LogP contribution is 2.30. The van der Waals surface area contributed by atoms with E-state index in [1.165, 1.54) is 0 Å². The second-order valence-corrected chi connectivity index (χ2v) is 12.4. The zero-order chi connectivity index (χ0) is 29.2. The Balaban J connectivity index is 1.66. The first kappa shape index (κ1) is 35.1. The van der Waals surface area contributed by atoms with E-state index in [9.17, 15) is 0 Å². The van der Waals surface area contributed by atoms with Crippen molar-refractivity contribution in [3.05, 3.63) is 0 Å². The molecule has 0 aromatic carbocycles. The van der Waals surface area contributed by atoms with Crippen molar-refractivity contribution in [1.29, 1.82) is 0 Å². The molecule has 3 fully saturated rings. The average Bonchev–Trinajstić information content (AvgIpc) is 3.80. The molecule has 3 saturated heterocycles. The predicted molar refractivity (Wildman–Crippen MR) is 154 cm³/mol. The lowest BCUT2D eigenvalue weighted by Crippen LogP contribution is -2.45. The van der Waals surface area contributed by atoms with Crippen LogP contribution in [0.4, 0.5) is 0 Å². The molecule has 10 heteroatoms. The van der Waals surface area contributed by atoms with Crippen molar-refractivity contribution in [3.8, 4) is 0 Å². The second-order valence-electron chi connectivity index (χ2n) is 12.4. The van der Waals surface area contributed by atoms with Crippen LogP contribution < -0.4 is 0 Å². The smallest absolute Gasteiger partial charge is 0.104 e. The van der Waals surface area contributed by atoms with Crippen molar-refractivity contribution in [3.63, 3.8) is 0 Å². The van der Waals surface area contributed by atoms with Gasteiger partial charge in [-0.2, -0.15) is 0 Å². The maximum Gasteiger partial charge on any atom is 0.104 e. The van der Waals surface area contributed by atoms with E-state index in [1.54, 1.807) is 7.11 Å². The molecule has 0 amide bonds. The number of rotatable bonds is 30. The Labute approximate surface area is 248 Å². The van der Waals surface area contributed by atoms with Crippen LogP contribution in [0.3, 0.4) is 0 Å². The van der Waals surface area contributed by atoms with E-state index in [2.05, 4.69) is 20.8 Å². The maximum atomic E-state index is 6.63. The van der Waals surface area contributed by atoms with E-state index in [4.69, 9.17) is 47.4 Å².